The van der Waals surface area contributed by atoms with Gasteiger partial charge in [-0.25, -0.2) is 4.79 Å². The first-order valence-electron chi connectivity index (χ1n) is 10.9. The monoisotopic (exact) mass is 444 g/mol. The Bertz CT molecular complexity index is 686. The average molecular weight is 445 g/mol. The fourth-order valence-corrected chi connectivity index (χ4v) is 4.37. The van der Waals surface area contributed by atoms with Gasteiger partial charge in [-0.3, -0.25) is 0 Å². The Morgan fingerprint density at radius 1 is 0.903 bits per heavy atom. The van der Waals surface area contributed by atoms with Crippen LogP contribution in [0.1, 0.15) is 52.0 Å². The number of likely N-dealkylation sites (tertiary alicyclic amines) is 1. The minimum absolute atomic E-state index is 0.229. The first kappa shape index (κ1) is 25.3. The van der Waals surface area contributed by atoms with E-state index in [0.29, 0.717) is 11.8 Å². The fraction of sp³-hybridized carbons (Fsp3) is 0.696. The zero-order valence-electron chi connectivity index (χ0n) is 18.9. The smallest absolute Gasteiger partial charge is 0.416 e. The van der Waals surface area contributed by atoms with Gasteiger partial charge in [-0.2, -0.15) is 13.2 Å². The predicted molar refractivity (Wildman–Crippen MR) is 115 cm³/mol. The molecule has 1 amide bonds. The summed E-state index contributed by atoms with van der Waals surface area (Å²) in [5.74, 6) is 1.21. The van der Waals surface area contributed by atoms with Gasteiger partial charge in [0.25, 0.3) is 0 Å². The van der Waals surface area contributed by atoms with Crippen molar-refractivity contribution < 1.29 is 27.8 Å². The molecular weight excluding hydrogens is 409 g/mol. The first-order valence-corrected chi connectivity index (χ1v) is 10.9. The minimum atomic E-state index is -4.29. The van der Waals surface area contributed by atoms with Crippen molar-refractivity contribution in [3.63, 3.8) is 0 Å². The van der Waals surface area contributed by atoms with Crippen molar-refractivity contribution >= 4 is 11.8 Å². The zero-order valence-corrected chi connectivity index (χ0v) is 18.9. The Morgan fingerprint density at radius 3 is 1.77 bits per heavy atom. The lowest BCUT2D eigenvalue weighted by Crippen LogP contribution is -2.44. The highest BCUT2D eigenvalue weighted by Crippen LogP contribution is 2.35. The molecule has 0 saturated carbocycles. The number of carbonyl (C=O) groups is 1. The van der Waals surface area contributed by atoms with Crippen molar-refractivity contribution in [3.8, 4) is 0 Å². The average Bonchev–Trinajstić information content (AvgIpc) is 2.74. The molecule has 0 aromatic heterocycles. The number of halogens is 3. The molecule has 1 N–H and O–H groups in total. The van der Waals surface area contributed by atoms with Crippen LogP contribution in [0.15, 0.2) is 24.3 Å². The molecule has 1 aromatic rings. The number of hydrogen-bond donors (Lipinski definition) is 1. The summed E-state index contributed by atoms with van der Waals surface area (Å²) in [6, 6.07) is 5.46. The van der Waals surface area contributed by atoms with Gasteiger partial charge in [0.05, 0.1) is 5.56 Å². The van der Waals surface area contributed by atoms with E-state index in [2.05, 4.69) is 4.90 Å². The van der Waals surface area contributed by atoms with Crippen molar-refractivity contribution in [2.24, 2.45) is 11.8 Å². The molecule has 0 unspecified atom stereocenters. The number of piperidine rings is 2. The summed E-state index contributed by atoms with van der Waals surface area (Å²) < 4.78 is 43.7. The third-order valence-corrected chi connectivity index (χ3v) is 5.96. The van der Waals surface area contributed by atoms with Gasteiger partial charge in [0.2, 0.25) is 0 Å². The maximum absolute atomic E-state index is 12.7. The number of carbonyl (C=O) groups excluding carboxylic acids is 1. The molecule has 0 radical (unpaired) electrons. The molecule has 2 heterocycles. The van der Waals surface area contributed by atoms with E-state index in [1.807, 2.05) is 20.8 Å². The van der Waals surface area contributed by atoms with Gasteiger partial charge in [-0.1, -0.05) is 0 Å². The van der Waals surface area contributed by atoms with Crippen molar-refractivity contribution in [1.29, 1.82) is 0 Å². The third kappa shape index (κ3) is 7.30. The van der Waals surface area contributed by atoms with Crippen LogP contribution in [0.25, 0.3) is 0 Å². The molecule has 0 bridgehead atoms. The Hall–Kier alpha value is -1.96. The topological polar surface area (TPSA) is 53.0 Å². The number of nitrogens with zero attached hydrogens (tertiary/aromatic N) is 2. The molecule has 0 spiro atoms. The van der Waals surface area contributed by atoms with E-state index in [0.717, 1.165) is 76.8 Å². The number of hydrogen-bond acceptors (Lipinski definition) is 4. The molecule has 31 heavy (non-hydrogen) atoms. The highest BCUT2D eigenvalue weighted by Gasteiger charge is 2.33. The fourth-order valence-electron chi connectivity index (χ4n) is 4.37. The molecule has 2 aliphatic rings. The molecule has 5 nitrogen and oxygen atoms in total. The largest absolute Gasteiger partial charge is 0.444 e. The second-order valence-corrected chi connectivity index (χ2v) is 9.17. The van der Waals surface area contributed by atoms with Gasteiger partial charge < -0.3 is 19.6 Å². The molecule has 2 aliphatic heterocycles. The quantitative estimate of drug-likeness (QED) is 0.683. The number of rotatable bonds is 2. The molecule has 176 valence electrons. The number of amides is 1. The van der Waals surface area contributed by atoms with Gasteiger partial charge in [0, 0.05) is 39.0 Å². The maximum Gasteiger partial charge on any atom is 0.416 e. The van der Waals surface area contributed by atoms with E-state index in [1.54, 1.807) is 17.0 Å². The van der Waals surface area contributed by atoms with Crippen LogP contribution in [-0.2, 0) is 10.9 Å². The lowest BCUT2D eigenvalue weighted by atomic mass is 9.79. The number of ether oxygens (including phenoxy) is 1. The van der Waals surface area contributed by atoms with Gasteiger partial charge >= 0.3 is 12.3 Å². The summed E-state index contributed by atoms with van der Waals surface area (Å²) in [7, 11) is 1.00. The summed E-state index contributed by atoms with van der Waals surface area (Å²) in [5, 5.41) is 7.00. The van der Waals surface area contributed by atoms with Gasteiger partial charge in [-0.05, 0) is 82.6 Å². The van der Waals surface area contributed by atoms with Crippen molar-refractivity contribution in [1.82, 2.24) is 4.90 Å². The number of aliphatic hydroxyl groups excluding tert-OH is 1. The summed E-state index contributed by atoms with van der Waals surface area (Å²) in [5.41, 5.74) is -0.219. The zero-order chi connectivity index (χ0) is 23.2. The van der Waals surface area contributed by atoms with Crippen LogP contribution in [-0.4, -0.2) is 55.0 Å². The van der Waals surface area contributed by atoms with E-state index in [-0.39, 0.29) is 6.09 Å². The van der Waals surface area contributed by atoms with E-state index in [9.17, 15) is 18.0 Å². The van der Waals surface area contributed by atoms with Gasteiger partial charge in [0.1, 0.15) is 5.60 Å². The van der Waals surface area contributed by atoms with E-state index < -0.39 is 17.3 Å². The highest BCUT2D eigenvalue weighted by atomic mass is 19.4. The van der Waals surface area contributed by atoms with Crippen molar-refractivity contribution in [3.05, 3.63) is 29.8 Å². The SMILES string of the molecule is CC(C)(C)OC(=O)N1CCC(C2CCN(c3ccc(C(F)(F)F)cc3)CC2)CC1.CO. The number of anilines is 1. The minimum Gasteiger partial charge on any atom is -0.444 e. The highest BCUT2D eigenvalue weighted by molar-refractivity contribution is 5.68. The number of alkyl halides is 3. The van der Waals surface area contributed by atoms with Crippen LogP contribution >= 0.6 is 0 Å². The van der Waals surface area contributed by atoms with Crippen molar-refractivity contribution in [2.75, 3.05) is 38.2 Å². The molecule has 0 atom stereocenters. The molecular formula is C23H35F3N2O3. The Balaban J connectivity index is 0.00000166. The van der Waals surface area contributed by atoms with E-state index >= 15 is 0 Å². The Labute approximate surface area is 183 Å². The molecule has 2 saturated heterocycles. The van der Waals surface area contributed by atoms with E-state index in [1.165, 1.54) is 0 Å². The Morgan fingerprint density at radius 2 is 1.35 bits per heavy atom. The molecule has 8 heteroatoms. The van der Waals surface area contributed by atoms with Crippen LogP contribution in [0.5, 0.6) is 0 Å². The second-order valence-electron chi connectivity index (χ2n) is 9.17. The van der Waals surface area contributed by atoms with Crippen molar-refractivity contribution in [2.45, 2.75) is 58.2 Å². The normalized spacial score (nSPS) is 19.0. The molecule has 3 rings (SSSR count). The molecule has 1 aromatic carbocycles. The summed E-state index contributed by atoms with van der Waals surface area (Å²) in [4.78, 5) is 16.2. The van der Waals surface area contributed by atoms with Crippen LogP contribution in [0, 0.1) is 11.8 Å². The lowest BCUT2D eigenvalue weighted by molar-refractivity contribution is -0.137. The predicted octanol–water partition coefficient (Wildman–Crippen LogP) is 5.18. The van der Waals surface area contributed by atoms with Crippen LogP contribution in [0.4, 0.5) is 23.7 Å². The van der Waals surface area contributed by atoms with Crippen LogP contribution < -0.4 is 4.90 Å². The molecule has 0 aliphatic carbocycles. The maximum atomic E-state index is 12.7. The third-order valence-electron chi connectivity index (χ3n) is 5.96. The summed E-state index contributed by atoms with van der Waals surface area (Å²) >= 11 is 0. The number of benzene rings is 1. The summed E-state index contributed by atoms with van der Waals surface area (Å²) in [6.45, 7) is 8.83. The van der Waals surface area contributed by atoms with Crippen LogP contribution in [0.3, 0.4) is 0 Å². The van der Waals surface area contributed by atoms with Gasteiger partial charge in [-0.15, -0.1) is 0 Å². The van der Waals surface area contributed by atoms with E-state index in [4.69, 9.17) is 9.84 Å². The summed E-state index contributed by atoms with van der Waals surface area (Å²) in [6.07, 6.45) is -0.460. The second kappa shape index (κ2) is 10.6. The number of aliphatic hydroxyl groups is 1. The standard InChI is InChI=1S/C22H31F3N2O2.CH4O/c1-21(2,3)29-20(28)27-14-10-17(11-15-27)16-8-12-26(13-9-16)19-6-4-18(5-7-19)22(23,24)25;1-2/h4-7,16-17H,8-15H2,1-3H3;2H,1H3. The first-order chi connectivity index (χ1) is 14.5. The lowest BCUT2D eigenvalue weighted by Gasteiger charge is -2.41. The van der Waals surface area contributed by atoms with Gasteiger partial charge in [0.15, 0.2) is 0 Å². The Kier molecular flexibility index (Phi) is 8.63. The van der Waals surface area contributed by atoms with Crippen LogP contribution in [0.2, 0.25) is 0 Å². The molecule has 2 fully saturated rings.